The highest BCUT2D eigenvalue weighted by molar-refractivity contribution is 6.33. The van der Waals surface area contributed by atoms with Crippen LogP contribution in [0.15, 0.2) is 18.2 Å². The maximum atomic E-state index is 10.7. The van der Waals surface area contributed by atoms with E-state index in [1.807, 2.05) is 12.1 Å². The Kier molecular flexibility index (Phi) is 4.43. The van der Waals surface area contributed by atoms with E-state index in [0.29, 0.717) is 18.0 Å². The molecule has 1 N–H and O–H groups in total. The molecule has 0 heterocycles. The molecule has 3 nitrogen and oxygen atoms in total. The SMILES string of the molecule is COc1ccc(NCCC(C)=O)c(Cl)c1. The van der Waals surface area contributed by atoms with Crippen LogP contribution in [0.25, 0.3) is 0 Å². The summed E-state index contributed by atoms with van der Waals surface area (Å²) in [7, 11) is 1.59. The first kappa shape index (κ1) is 11.9. The smallest absolute Gasteiger partial charge is 0.131 e. The Morgan fingerprint density at radius 3 is 2.80 bits per heavy atom. The van der Waals surface area contributed by atoms with E-state index in [0.717, 1.165) is 11.4 Å². The summed E-state index contributed by atoms with van der Waals surface area (Å²) in [5.74, 6) is 0.879. The van der Waals surface area contributed by atoms with Crippen molar-refractivity contribution in [2.45, 2.75) is 13.3 Å². The summed E-state index contributed by atoms with van der Waals surface area (Å²) >= 11 is 6.00. The lowest BCUT2D eigenvalue weighted by atomic mass is 10.2. The molecule has 0 aliphatic carbocycles. The van der Waals surface area contributed by atoms with Gasteiger partial charge in [0.15, 0.2) is 0 Å². The number of hydrogen-bond donors (Lipinski definition) is 1. The number of ketones is 1. The number of benzene rings is 1. The summed E-state index contributed by atoms with van der Waals surface area (Å²) in [4.78, 5) is 10.7. The third-order valence-corrected chi connectivity index (χ3v) is 2.28. The van der Waals surface area contributed by atoms with Gasteiger partial charge in [-0.15, -0.1) is 0 Å². The van der Waals surface area contributed by atoms with Gasteiger partial charge < -0.3 is 10.1 Å². The second-order valence-electron chi connectivity index (χ2n) is 3.22. The number of carbonyl (C=O) groups is 1. The van der Waals surface area contributed by atoms with Crippen molar-refractivity contribution in [3.8, 4) is 5.75 Å². The number of rotatable bonds is 5. The zero-order valence-corrected chi connectivity index (χ0v) is 9.60. The van der Waals surface area contributed by atoms with Gasteiger partial charge in [-0.25, -0.2) is 0 Å². The van der Waals surface area contributed by atoms with Gasteiger partial charge in [-0.05, 0) is 19.1 Å². The minimum Gasteiger partial charge on any atom is -0.497 e. The van der Waals surface area contributed by atoms with Crippen LogP contribution in [0.1, 0.15) is 13.3 Å². The fourth-order valence-corrected chi connectivity index (χ4v) is 1.38. The van der Waals surface area contributed by atoms with E-state index in [9.17, 15) is 4.79 Å². The van der Waals surface area contributed by atoms with E-state index < -0.39 is 0 Å². The van der Waals surface area contributed by atoms with Crippen LogP contribution >= 0.6 is 11.6 Å². The highest BCUT2D eigenvalue weighted by Gasteiger charge is 2.01. The predicted octanol–water partition coefficient (Wildman–Crippen LogP) is 2.74. The zero-order valence-electron chi connectivity index (χ0n) is 8.84. The second kappa shape index (κ2) is 5.61. The van der Waals surface area contributed by atoms with Crippen LogP contribution in [0.5, 0.6) is 5.75 Å². The Labute approximate surface area is 94.4 Å². The zero-order chi connectivity index (χ0) is 11.3. The van der Waals surface area contributed by atoms with Gasteiger partial charge in [0, 0.05) is 19.0 Å². The van der Waals surface area contributed by atoms with E-state index in [1.54, 1.807) is 20.1 Å². The molecule has 0 unspecified atom stereocenters. The van der Waals surface area contributed by atoms with Crippen molar-refractivity contribution in [2.24, 2.45) is 0 Å². The van der Waals surface area contributed by atoms with Crippen molar-refractivity contribution in [1.29, 1.82) is 0 Å². The van der Waals surface area contributed by atoms with Gasteiger partial charge in [0.2, 0.25) is 0 Å². The van der Waals surface area contributed by atoms with E-state index in [2.05, 4.69) is 5.32 Å². The number of anilines is 1. The lowest BCUT2D eigenvalue weighted by Gasteiger charge is -2.08. The standard InChI is InChI=1S/C11H14ClNO2/c1-8(14)5-6-13-11-4-3-9(15-2)7-10(11)12/h3-4,7,13H,5-6H2,1-2H3. The molecule has 0 radical (unpaired) electrons. The van der Waals surface area contributed by atoms with Gasteiger partial charge in [-0.3, -0.25) is 4.79 Å². The quantitative estimate of drug-likeness (QED) is 0.841. The molecule has 15 heavy (non-hydrogen) atoms. The molecule has 0 saturated heterocycles. The molecule has 1 aromatic carbocycles. The normalized spacial score (nSPS) is 9.80. The lowest BCUT2D eigenvalue weighted by Crippen LogP contribution is -2.06. The third kappa shape index (κ3) is 3.80. The minimum absolute atomic E-state index is 0.159. The molecule has 0 aliphatic rings. The van der Waals surface area contributed by atoms with Gasteiger partial charge in [0.1, 0.15) is 11.5 Å². The van der Waals surface area contributed by atoms with Crippen molar-refractivity contribution in [2.75, 3.05) is 19.0 Å². The predicted molar refractivity (Wildman–Crippen MR) is 61.8 cm³/mol. The van der Waals surface area contributed by atoms with E-state index in [-0.39, 0.29) is 5.78 Å². The Hall–Kier alpha value is -1.22. The number of methoxy groups -OCH3 is 1. The first-order valence-corrected chi connectivity index (χ1v) is 5.08. The largest absolute Gasteiger partial charge is 0.497 e. The number of ether oxygens (including phenoxy) is 1. The number of Topliss-reactive ketones (excluding diaryl/α,β-unsaturated/α-hetero) is 1. The van der Waals surface area contributed by atoms with Crippen molar-refractivity contribution in [3.05, 3.63) is 23.2 Å². The molecule has 0 amide bonds. The van der Waals surface area contributed by atoms with Gasteiger partial charge in [-0.1, -0.05) is 11.6 Å². The van der Waals surface area contributed by atoms with Crippen molar-refractivity contribution < 1.29 is 9.53 Å². The second-order valence-corrected chi connectivity index (χ2v) is 3.63. The maximum absolute atomic E-state index is 10.7. The summed E-state index contributed by atoms with van der Waals surface area (Å²) < 4.78 is 5.03. The molecule has 0 aliphatic heterocycles. The van der Waals surface area contributed by atoms with Gasteiger partial charge in [0.25, 0.3) is 0 Å². The highest BCUT2D eigenvalue weighted by atomic mass is 35.5. The molecular formula is C11H14ClNO2. The molecule has 0 fully saturated rings. The monoisotopic (exact) mass is 227 g/mol. The molecule has 0 aromatic heterocycles. The maximum Gasteiger partial charge on any atom is 0.131 e. The first-order valence-electron chi connectivity index (χ1n) is 4.70. The Bertz CT molecular complexity index is 352. The van der Waals surface area contributed by atoms with Crippen LogP contribution in [0, 0.1) is 0 Å². The van der Waals surface area contributed by atoms with E-state index in [1.165, 1.54) is 0 Å². The molecule has 1 aromatic rings. The van der Waals surface area contributed by atoms with Gasteiger partial charge >= 0.3 is 0 Å². The van der Waals surface area contributed by atoms with Crippen LogP contribution < -0.4 is 10.1 Å². The summed E-state index contributed by atoms with van der Waals surface area (Å²) in [6.45, 7) is 2.17. The average Bonchev–Trinajstić information content (AvgIpc) is 2.20. The molecular weight excluding hydrogens is 214 g/mol. The van der Waals surface area contributed by atoms with Crippen LogP contribution in [-0.2, 0) is 4.79 Å². The van der Waals surface area contributed by atoms with E-state index >= 15 is 0 Å². The highest BCUT2D eigenvalue weighted by Crippen LogP contribution is 2.26. The Morgan fingerprint density at radius 1 is 1.53 bits per heavy atom. The molecule has 4 heteroatoms. The van der Waals surface area contributed by atoms with Crippen LogP contribution in [0.2, 0.25) is 5.02 Å². The molecule has 82 valence electrons. The topological polar surface area (TPSA) is 38.3 Å². The number of nitrogens with one attached hydrogen (secondary N) is 1. The van der Waals surface area contributed by atoms with Crippen molar-refractivity contribution in [1.82, 2.24) is 0 Å². The summed E-state index contributed by atoms with van der Waals surface area (Å²) in [5, 5.41) is 3.68. The summed E-state index contributed by atoms with van der Waals surface area (Å²) in [5.41, 5.74) is 0.818. The summed E-state index contributed by atoms with van der Waals surface area (Å²) in [6, 6.07) is 5.39. The first-order chi connectivity index (χ1) is 7.13. The molecule has 0 saturated carbocycles. The van der Waals surface area contributed by atoms with Crippen molar-refractivity contribution in [3.63, 3.8) is 0 Å². The third-order valence-electron chi connectivity index (χ3n) is 1.97. The minimum atomic E-state index is 0.159. The van der Waals surface area contributed by atoms with Crippen LogP contribution in [0.4, 0.5) is 5.69 Å². The van der Waals surface area contributed by atoms with Crippen molar-refractivity contribution >= 4 is 23.1 Å². The van der Waals surface area contributed by atoms with Crippen LogP contribution in [0.3, 0.4) is 0 Å². The molecule has 0 bridgehead atoms. The Morgan fingerprint density at radius 2 is 2.27 bits per heavy atom. The van der Waals surface area contributed by atoms with E-state index in [4.69, 9.17) is 16.3 Å². The van der Waals surface area contributed by atoms with Crippen LogP contribution in [-0.4, -0.2) is 19.4 Å². The van der Waals surface area contributed by atoms with Gasteiger partial charge in [-0.2, -0.15) is 0 Å². The fraction of sp³-hybridized carbons (Fsp3) is 0.364. The molecule has 1 rings (SSSR count). The average molecular weight is 228 g/mol. The summed E-state index contributed by atoms with van der Waals surface area (Å²) in [6.07, 6.45) is 0.502. The van der Waals surface area contributed by atoms with Gasteiger partial charge in [0.05, 0.1) is 17.8 Å². The fourth-order valence-electron chi connectivity index (χ4n) is 1.14. The number of hydrogen-bond acceptors (Lipinski definition) is 3. The molecule has 0 atom stereocenters. The number of halogens is 1. The molecule has 0 spiro atoms. The lowest BCUT2D eigenvalue weighted by molar-refractivity contribution is -0.116. The number of carbonyl (C=O) groups excluding carboxylic acids is 1. The Balaban J connectivity index is 2.58.